The van der Waals surface area contributed by atoms with Crippen LogP contribution < -0.4 is 10.6 Å². The molecule has 7 heteroatoms. The summed E-state index contributed by atoms with van der Waals surface area (Å²) in [6.45, 7) is 2.07. The minimum Gasteiger partial charge on any atom is -0.481 e. The fourth-order valence-electron chi connectivity index (χ4n) is 2.67. The summed E-state index contributed by atoms with van der Waals surface area (Å²) >= 11 is 1.39. The zero-order valence-corrected chi connectivity index (χ0v) is 13.0. The van der Waals surface area contributed by atoms with Crippen LogP contribution in [0.3, 0.4) is 0 Å². The number of carboxylic acids is 1. The van der Waals surface area contributed by atoms with Gasteiger partial charge in [-0.2, -0.15) is 0 Å². The number of carboxylic acid groups (broad SMARTS) is 1. The molecule has 1 heterocycles. The highest BCUT2D eigenvalue weighted by atomic mass is 32.1. The maximum absolute atomic E-state index is 11.9. The van der Waals surface area contributed by atoms with Crippen LogP contribution in [0.25, 0.3) is 0 Å². The normalized spacial score (nSPS) is 17.8. The van der Waals surface area contributed by atoms with Gasteiger partial charge in [0, 0.05) is 17.6 Å². The van der Waals surface area contributed by atoms with Crippen molar-refractivity contribution >= 4 is 28.5 Å². The zero-order chi connectivity index (χ0) is 15.3. The highest BCUT2D eigenvalue weighted by Crippen LogP contribution is 2.34. The number of nitrogens with zero attached hydrogens (tertiary/aromatic N) is 1. The molecule has 2 amide bonds. The molecule has 1 saturated carbocycles. The number of nitrogens with one attached hydrogen (secondary N) is 2. The van der Waals surface area contributed by atoms with E-state index in [4.69, 9.17) is 0 Å². The number of carbonyl (C=O) groups excluding carboxylic acids is 1. The second kappa shape index (κ2) is 6.89. The van der Waals surface area contributed by atoms with Crippen LogP contribution in [0, 0.1) is 12.3 Å². The first kappa shape index (κ1) is 15.8. The average molecular weight is 311 g/mol. The lowest BCUT2D eigenvalue weighted by atomic mass is 9.80. The third kappa shape index (κ3) is 4.17. The van der Waals surface area contributed by atoms with Crippen LogP contribution in [0.5, 0.6) is 0 Å². The van der Waals surface area contributed by atoms with E-state index in [1.54, 1.807) is 6.20 Å². The topological polar surface area (TPSA) is 91.3 Å². The summed E-state index contributed by atoms with van der Waals surface area (Å²) in [6.07, 6.45) is 6.88. The van der Waals surface area contributed by atoms with Crippen LogP contribution in [0.1, 0.15) is 43.4 Å². The van der Waals surface area contributed by atoms with Crippen LogP contribution in [-0.4, -0.2) is 28.6 Å². The lowest BCUT2D eigenvalue weighted by Gasteiger charge is -2.28. The third-order valence-corrected chi connectivity index (χ3v) is 4.77. The van der Waals surface area contributed by atoms with Gasteiger partial charge in [0.15, 0.2) is 5.13 Å². The number of aliphatic carboxylic acids is 1. The van der Waals surface area contributed by atoms with E-state index >= 15 is 0 Å². The highest BCUT2D eigenvalue weighted by Gasteiger charge is 2.38. The summed E-state index contributed by atoms with van der Waals surface area (Å²) in [4.78, 5) is 28.5. The Labute approximate surface area is 128 Å². The number of hydrogen-bond donors (Lipinski definition) is 3. The Balaban J connectivity index is 1.92. The van der Waals surface area contributed by atoms with E-state index < -0.39 is 17.4 Å². The number of anilines is 1. The average Bonchev–Trinajstić information content (AvgIpc) is 2.71. The van der Waals surface area contributed by atoms with Gasteiger partial charge in [0.25, 0.3) is 0 Å². The largest absolute Gasteiger partial charge is 0.481 e. The van der Waals surface area contributed by atoms with Crippen molar-refractivity contribution in [2.75, 3.05) is 11.9 Å². The van der Waals surface area contributed by atoms with Gasteiger partial charge in [-0.3, -0.25) is 10.1 Å². The molecule has 0 spiro atoms. The molecule has 1 fully saturated rings. The summed E-state index contributed by atoms with van der Waals surface area (Å²) in [7, 11) is 0. The lowest BCUT2D eigenvalue weighted by Crippen LogP contribution is -2.44. The standard InChI is InChI=1S/C14H21N3O3S/c1-10-8-15-13(21-10)17-12(20)16-9-14(11(18)19)6-4-2-3-5-7-14/h8H,2-7,9H2,1H3,(H,18,19)(H2,15,16,17,20). The minimum atomic E-state index is -0.827. The Hall–Kier alpha value is -1.63. The van der Waals surface area contributed by atoms with E-state index in [1.807, 2.05) is 6.92 Å². The molecule has 1 aliphatic carbocycles. The molecule has 0 unspecified atom stereocenters. The smallest absolute Gasteiger partial charge is 0.321 e. The minimum absolute atomic E-state index is 0.165. The number of urea groups is 1. The fourth-order valence-corrected chi connectivity index (χ4v) is 3.33. The molecule has 6 nitrogen and oxygen atoms in total. The summed E-state index contributed by atoms with van der Waals surface area (Å²) in [5.41, 5.74) is -0.827. The van der Waals surface area contributed by atoms with Gasteiger partial charge in [-0.25, -0.2) is 9.78 Å². The van der Waals surface area contributed by atoms with Crippen molar-refractivity contribution in [1.29, 1.82) is 0 Å². The summed E-state index contributed by atoms with van der Waals surface area (Å²) in [5, 5.41) is 15.4. The number of aromatic nitrogens is 1. The fraction of sp³-hybridized carbons (Fsp3) is 0.643. The SMILES string of the molecule is Cc1cnc(NC(=O)NCC2(C(=O)O)CCCCCC2)s1. The van der Waals surface area contributed by atoms with Crippen molar-refractivity contribution in [3.05, 3.63) is 11.1 Å². The van der Waals surface area contributed by atoms with Crippen molar-refractivity contribution in [2.45, 2.75) is 45.4 Å². The molecule has 3 N–H and O–H groups in total. The number of carbonyl (C=O) groups is 2. The van der Waals surface area contributed by atoms with E-state index in [0.717, 1.165) is 30.6 Å². The van der Waals surface area contributed by atoms with E-state index in [9.17, 15) is 14.7 Å². The van der Waals surface area contributed by atoms with Gasteiger partial charge < -0.3 is 10.4 Å². The van der Waals surface area contributed by atoms with Gasteiger partial charge >= 0.3 is 12.0 Å². The highest BCUT2D eigenvalue weighted by molar-refractivity contribution is 7.15. The first-order valence-electron chi connectivity index (χ1n) is 7.22. The zero-order valence-electron chi connectivity index (χ0n) is 12.1. The van der Waals surface area contributed by atoms with E-state index in [-0.39, 0.29) is 6.54 Å². The summed E-state index contributed by atoms with van der Waals surface area (Å²) < 4.78 is 0. The summed E-state index contributed by atoms with van der Waals surface area (Å²) in [6, 6.07) is -0.394. The van der Waals surface area contributed by atoms with Crippen LogP contribution >= 0.6 is 11.3 Å². The molecule has 0 bridgehead atoms. The molecule has 0 radical (unpaired) electrons. The van der Waals surface area contributed by atoms with Crippen LogP contribution in [0.2, 0.25) is 0 Å². The molecule has 0 aromatic carbocycles. The Bertz CT molecular complexity index is 507. The number of thiazole rings is 1. The number of rotatable bonds is 4. The summed E-state index contributed by atoms with van der Waals surface area (Å²) in [5.74, 6) is -0.810. The van der Waals surface area contributed by atoms with Crippen molar-refractivity contribution in [3.8, 4) is 0 Å². The lowest BCUT2D eigenvalue weighted by molar-refractivity contribution is -0.149. The van der Waals surface area contributed by atoms with Crippen LogP contribution in [-0.2, 0) is 4.79 Å². The van der Waals surface area contributed by atoms with Gasteiger partial charge in [0.05, 0.1) is 5.41 Å². The third-order valence-electron chi connectivity index (χ3n) is 3.94. The maximum Gasteiger partial charge on any atom is 0.321 e. The van der Waals surface area contributed by atoms with Crippen molar-refractivity contribution in [3.63, 3.8) is 0 Å². The number of amides is 2. The van der Waals surface area contributed by atoms with Crippen LogP contribution in [0.4, 0.5) is 9.93 Å². The van der Waals surface area contributed by atoms with Crippen molar-refractivity contribution in [1.82, 2.24) is 10.3 Å². The predicted octanol–water partition coefficient (Wildman–Crippen LogP) is 3.00. The van der Waals surface area contributed by atoms with Gasteiger partial charge in [0.2, 0.25) is 0 Å². The molecule has 0 saturated heterocycles. The van der Waals surface area contributed by atoms with Gasteiger partial charge in [-0.15, -0.1) is 11.3 Å². The predicted molar refractivity (Wildman–Crippen MR) is 81.6 cm³/mol. The first-order valence-corrected chi connectivity index (χ1v) is 8.04. The Kier molecular flexibility index (Phi) is 5.17. The molecule has 1 aliphatic rings. The quantitative estimate of drug-likeness (QED) is 0.745. The Morgan fingerprint density at radius 1 is 1.33 bits per heavy atom. The van der Waals surface area contributed by atoms with E-state index in [1.165, 1.54) is 11.3 Å². The Morgan fingerprint density at radius 3 is 2.52 bits per heavy atom. The Morgan fingerprint density at radius 2 is 2.00 bits per heavy atom. The molecule has 0 aliphatic heterocycles. The second-order valence-corrected chi connectivity index (χ2v) is 6.82. The van der Waals surface area contributed by atoms with Crippen molar-refractivity contribution in [2.24, 2.45) is 5.41 Å². The molecule has 21 heavy (non-hydrogen) atoms. The number of hydrogen-bond acceptors (Lipinski definition) is 4. The van der Waals surface area contributed by atoms with E-state index in [2.05, 4.69) is 15.6 Å². The molecular formula is C14H21N3O3S. The molecule has 0 atom stereocenters. The molecule has 1 aromatic rings. The first-order chi connectivity index (χ1) is 10.0. The van der Waals surface area contributed by atoms with Gasteiger partial charge in [-0.05, 0) is 19.8 Å². The van der Waals surface area contributed by atoms with Crippen LogP contribution in [0.15, 0.2) is 6.20 Å². The molecule has 116 valence electrons. The van der Waals surface area contributed by atoms with Crippen molar-refractivity contribution < 1.29 is 14.7 Å². The second-order valence-electron chi connectivity index (χ2n) is 5.58. The molecule has 1 aromatic heterocycles. The monoisotopic (exact) mass is 311 g/mol. The van der Waals surface area contributed by atoms with E-state index in [0.29, 0.717) is 18.0 Å². The van der Waals surface area contributed by atoms with Gasteiger partial charge in [0.1, 0.15) is 0 Å². The maximum atomic E-state index is 11.9. The number of aryl methyl sites for hydroxylation is 1. The molecular weight excluding hydrogens is 290 g/mol. The molecule has 2 rings (SSSR count). The van der Waals surface area contributed by atoms with Gasteiger partial charge in [-0.1, -0.05) is 25.7 Å².